The van der Waals surface area contributed by atoms with Gasteiger partial charge >= 0.3 is 0 Å². The van der Waals surface area contributed by atoms with Gasteiger partial charge in [-0.25, -0.2) is 0 Å². The van der Waals surface area contributed by atoms with Gasteiger partial charge in [-0.1, -0.05) is 30.3 Å². The fourth-order valence-corrected chi connectivity index (χ4v) is 2.07. The number of nitrogens with one attached hydrogen (secondary N) is 1. The molecule has 1 aliphatic rings. The van der Waals surface area contributed by atoms with Gasteiger partial charge in [0.05, 0.1) is 0 Å². The lowest BCUT2D eigenvalue weighted by Crippen LogP contribution is -2.37. The molecule has 1 fully saturated rings. The van der Waals surface area contributed by atoms with E-state index < -0.39 is 0 Å². The van der Waals surface area contributed by atoms with Crippen molar-refractivity contribution in [2.75, 3.05) is 19.6 Å². The predicted molar refractivity (Wildman–Crippen MR) is 54.7 cm³/mol. The van der Waals surface area contributed by atoms with E-state index in [2.05, 4.69) is 35.6 Å². The first-order valence-corrected chi connectivity index (χ1v) is 4.84. The van der Waals surface area contributed by atoms with Crippen LogP contribution in [-0.2, 0) is 5.41 Å². The number of hydrogen-bond donors (Lipinski definition) is 2. The summed E-state index contributed by atoms with van der Waals surface area (Å²) in [6.07, 6.45) is 1.16. The average molecular weight is 176 g/mol. The number of rotatable bonds is 2. The lowest BCUT2D eigenvalue weighted by atomic mass is 9.80. The van der Waals surface area contributed by atoms with Crippen LogP contribution < -0.4 is 11.1 Å². The SMILES string of the molecule is NCC1(c2ccccc2)CCNC1. The zero-order valence-corrected chi connectivity index (χ0v) is 7.79. The molecule has 0 saturated carbocycles. The predicted octanol–water partition coefficient (Wildman–Crippen LogP) is 0.876. The van der Waals surface area contributed by atoms with Crippen molar-refractivity contribution >= 4 is 0 Å². The minimum atomic E-state index is 0.196. The highest BCUT2D eigenvalue weighted by atomic mass is 14.9. The van der Waals surface area contributed by atoms with Crippen molar-refractivity contribution < 1.29 is 0 Å². The Balaban J connectivity index is 2.31. The molecule has 0 aromatic heterocycles. The third kappa shape index (κ3) is 1.47. The Morgan fingerprint density at radius 3 is 2.62 bits per heavy atom. The summed E-state index contributed by atoms with van der Waals surface area (Å²) in [4.78, 5) is 0. The summed E-state index contributed by atoms with van der Waals surface area (Å²) < 4.78 is 0. The van der Waals surface area contributed by atoms with E-state index in [1.54, 1.807) is 0 Å². The quantitative estimate of drug-likeness (QED) is 0.702. The molecule has 3 N–H and O–H groups in total. The van der Waals surface area contributed by atoms with E-state index in [1.165, 1.54) is 5.56 Å². The molecule has 0 amide bonds. The smallest absolute Gasteiger partial charge is 0.0212 e. The molecule has 1 saturated heterocycles. The van der Waals surface area contributed by atoms with Gasteiger partial charge in [0.25, 0.3) is 0 Å². The zero-order chi connectivity index (χ0) is 9.15. The molecule has 1 atom stereocenters. The molecule has 0 bridgehead atoms. The summed E-state index contributed by atoms with van der Waals surface area (Å²) >= 11 is 0. The van der Waals surface area contributed by atoms with Gasteiger partial charge in [-0.2, -0.15) is 0 Å². The van der Waals surface area contributed by atoms with Crippen LogP contribution in [-0.4, -0.2) is 19.6 Å². The highest BCUT2D eigenvalue weighted by molar-refractivity contribution is 5.27. The number of nitrogens with two attached hydrogens (primary N) is 1. The van der Waals surface area contributed by atoms with Crippen LogP contribution in [0.2, 0.25) is 0 Å². The Hall–Kier alpha value is -0.860. The first-order chi connectivity index (χ1) is 6.37. The Labute approximate surface area is 79.1 Å². The van der Waals surface area contributed by atoms with Crippen LogP contribution in [0, 0.1) is 0 Å². The maximum atomic E-state index is 5.86. The maximum Gasteiger partial charge on any atom is 0.0212 e. The van der Waals surface area contributed by atoms with Crippen molar-refractivity contribution in [1.29, 1.82) is 0 Å². The molecule has 2 nitrogen and oxygen atoms in total. The molecule has 0 aliphatic carbocycles. The zero-order valence-electron chi connectivity index (χ0n) is 7.79. The minimum absolute atomic E-state index is 0.196. The third-order valence-corrected chi connectivity index (χ3v) is 3.02. The highest BCUT2D eigenvalue weighted by Crippen LogP contribution is 2.29. The fraction of sp³-hybridized carbons (Fsp3) is 0.455. The number of hydrogen-bond acceptors (Lipinski definition) is 2. The van der Waals surface area contributed by atoms with Gasteiger partial charge in [-0.3, -0.25) is 0 Å². The van der Waals surface area contributed by atoms with Crippen LogP contribution in [0.4, 0.5) is 0 Å². The monoisotopic (exact) mass is 176 g/mol. The average Bonchev–Trinajstić information content (AvgIpc) is 2.69. The molecule has 2 heteroatoms. The second-order valence-electron chi connectivity index (χ2n) is 3.78. The summed E-state index contributed by atoms with van der Waals surface area (Å²) in [7, 11) is 0. The van der Waals surface area contributed by atoms with Gasteiger partial charge in [0.2, 0.25) is 0 Å². The molecule has 0 radical (unpaired) electrons. The van der Waals surface area contributed by atoms with Crippen molar-refractivity contribution in [3.63, 3.8) is 0 Å². The third-order valence-electron chi connectivity index (χ3n) is 3.02. The molecular weight excluding hydrogens is 160 g/mol. The Kier molecular flexibility index (Phi) is 2.34. The maximum absolute atomic E-state index is 5.86. The molecular formula is C11H16N2. The van der Waals surface area contributed by atoms with Crippen LogP contribution in [0.15, 0.2) is 30.3 Å². The molecule has 70 valence electrons. The highest BCUT2D eigenvalue weighted by Gasteiger charge is 2.33. The van der Waals surface area contributed by atoms with Gasteiger partial charge in [-0.05, 0) is 18.5 Å². The van der Waals surface area contributed by atoms with E-state index in [1.807, 2.05) is 0 Å². The summed E-state index contributed by atoms with van der Waals surface area (Å²) in [5.74, 6) is 0. The topological polar surface area (TPSA) is 38.0 Å². The number of benzene rings is 1. The molecule has 13 heavy (non-hydrogen) atoms. The summed E-state index contributed by atoms with van der Waals surface area (Å²) in [6.45, 7) is 2.85. The lowest BCUT2D eigenvalue weighted by molar-refractivity contribution is 0.483. The normalized spacial score (nSPS) is 27.8. The molecule has 2 rings (SSSR count). The van der Waals surface area contributed by atoms with Gasteiger partial charge in [0.1, 0.15) is 0 Å². The van der Waals surface area contributed by atoms with Crippen molar-refractivity contribution in [1.82, 2.24) is 5.32 Å². The van der Waals surface area contributed by atoms with Gasteiger partial charge in [0, 0.05) is 18.5 Å². The largest absolute Gasteiger partial charge is 0.330 e. The van der Waals surface area contributed by atoms with E-state index in [9.17, 15) is 0 Å². The van der Waals surface area contributed by atoms with Crippen LogP contribution in [0.25, 0.3) is 0 Å². The van der Waals surface area contributed by atoms with Gasteiger partial charge in [0.15, 0.2) is 0 Å². The van der Waals surface area contributed by atoms with Crippen molar-refractivity contribution in [2.24, 2.45) is 5.73 Å². The van der Waals surface area contributed by atoms with Gasteiger partial charge in [-0.15, -0.1) is 0 Å². The second-order valence-corrected chi connectivity index (χ2v) is 3.78. The molecule has 1 aromatic rings. The Bertz CT molecular complexity index is 263. The first-order valence-electron chi connectivity index (χ1n) is 4.84. The van der Waals surface area contributed by atoms with E-state index in [-0.39, 0.29) is 5.41 Å². The molecule has 1 heterocycles. The lowest BCUT2D eigenvalue weighted by Gasteiger charge is -2.26. The fourth-order valence-electron chi connectivity index (χ4n) is 2.07. The molecule has 1 aliphatic heterocycles. The van der Waals surface area contributed by atoms with Crippen LogP contribution >= 0.6 is 0 Å². The van der Waals surface area contributed by atoms with Gasteiger partial charge < -0.3 is 11.1 Å². The van der Waals surface area contributed by atoms with Crippen LogP contribution in [0.5, 0.6) is 0 Å². The van der Waals surface area contributed by atoms with Crippen LogP contribution in [0.1, 0.15) is 12.0 Å². The Morgan fingerprint density at radius 1 is 1.31 bits per heavy atom. The summed E-state index contributed by atoms with van der Waals surface area (Å²) in [5.41, 5.74) is 7.43. The summed E-state index contributed by atoms with van der Waals surface area (Å²) in [5, 5.41) is 3.38. The van der Waals surface area contributed by atoms with E-state index in [0.29, 0.717) is 0 Å². The minimum Gasteiger partial charge on any atom is -0.330 e. The molecule has 0 spiro atoms. The standard InChI is InChI=1S/C11H16N2/c12-8-11(6-7-13-9-11)10-4-2-1-3-5-10/h1-5,13H,6-9,12H2. The summed E-state index contributed by atoms with van der Waals surface area (Å²) in [6, 6.07) is 10.6. The van der Waals surface area contributed by atoms with E-state index in [0.717, 1.165) is 26.1 Å². The second kappa shape index (κ2) is 3.48. The van der Waals surface area contributed by atoms with Crippen LogP contribution in [0.3, 0.4) is 0 Å². The van der Waals surface area contributed by atoms with Crippen molar-refractivity contribution in [3.8, 4) is 0 Å². The van der Waals surface area contributed by atoms with Crippen molar-refractivity contribution in [2.45, 2.75) is 11.8 Å². The van der Waals surface area contributed by atoms with E-state index >= 15 is 0 Å². The Morgan fingerprint density at radius 2 is 2.08 bits per heavy atom. The molecule has 1 unspecified atom stereocenters. The van der Waals surface area contributed by atoms with Crippen molar-refractivity contribution in [3.05, 3.63) is 35.9 Å². The molecule has 1 aromatic carbocycles. The first kappa shape index (κ1) is 8.73. The van der Waals surface area contributed by atoms with E-state index in [4.69, 9.17) is 5.73 Å².